The van der Waals surface area contributed by atoms with Gasteiger partial charge < -0.3 is 4.74 Å². The highest BCUT2D eigenvalue weighted by atomic mass is 35.5. The Morgan fingerprint density at radius 3 is 2.38 bits per heavy atom. The van der Waals surface area contributed by atoms with Crippen LogP contribution in [0.5, 0.6) is 0 Å². The molecule has 3 heteroatoms. The molecule has 46 valence electrons. The third-order valence-corrected chi connectivity index (χ3v) is 0.919. The predicted molar refractivity (Wildman–Crippen MR) is 33.8 cm³/mol. The number of hydrogen-bond acceptors (Lipinski definition) is 2. The summed E-state index contributed by atoms with van der Waals surface area (Å²) in [6.07, 6.45) is 0.400. The zero-order valence-electron chi connectivity index (χ0n) is 4.48. The number of nitrogens with one attached hydrogen (secondary N) is 1. The summed E-state index contributed by atoms with van der Waals surface area (Å²) in [4.78, 5) is 0. The van der Waals surface area contributed by atoms with Crippen LogP contribution in [0, 0.1) is 5.41 Å². The third-order valence-electron chi connectivity index (χ3n) is 0.574. The molecule has 0 amide bonds. The average Bonchev–Trinajstić information content (AvgIpc) is 2.48. The van der Waals surface area contributed by atoms with E-state index in [0.717, 1.165) is 6.61 Å². The van der Waals surface area contributed by atoms with E-state index in [4.69, 9.17) is 21.7 Å². The molecule has 0 radical (unpaired) electrons. The molecule has 0 aromatic rings. The van der Waals surface area contributed by atoms with Crippen molar-refractivity contribution in [3.05, 3.63) is 6.58 Å². The minimum absolute atomic E-state index is 0.400. The zero-order valence-corrected chi connectivity index (χ0v) is 5.24. The van der Waals surface area contributed by atoms with E-state index in [-0.39, 0.29) is 0 Å². The van der Waals surface area contributed by atoms with Gasteiger partial charge in [0.15, 0.2) is 0 Å². The summed E-state index contributed by atoms with van der Waals surface area (Å²) < 4.78 is 4.73. The van der Waals surface area contributed by atoms with Crippen LogP contribution in [0.4, 0.5) is 0 Å². The molecule has 1 heterocycles. The van der Waals surface area contributed by atoms with E-state index in [9.17, 15) is 0 Å². The number of alkyl halides is 1. The van der Waals surface area contributed by atoms with Gasteiger partial charge in [-0.2, -0.15) is 0 Å². The van der Waals surface area contributed by atoms with E-state index in [1.165, 1.54) is 0 Å². The van der Waals surface area contributed by atoms with Crippen molar-refractivity contribution in [1.29, 1.82) is 5.41 Å². The van der Waals surface area contributed by atoms with Crippen LogP contribution < -0.4 is 0 Å². The van der Waals surface area contributed by atoms with E-state index in [0.29, 0.717) is 12.0 Å². The quantitative estimate of drug-likeness (QED) is 0.324. The Kier molecular flexibility index (Phi) is 4.67. The van der Waals surface area contributed by atoms with Crippen LogP contribution >= 0.6 is 11.6 Å². The number of halogens is 1. The maximum Gasteiger partial charge on any atom is 0.0944 e. The molecule has 1 aliphatic rings. The Labute approximate surface area is 53.6 Å². The lowest BCUT2D eigenvalue weighted by molar-refractivity contribution is 0.425. The summed E-state index contributed by atoms with van der Waals surface area (Å²) in [6.45, 7) is 3.78. The summed E-state index contributed by atoms with van der Waals surface area (Å²) in [5.74, 6) is 2.42. The van der Waals surface area contributed by atoms with E-state index >= 15 is 0 Å². The fraction of sp³-hybridized carbons (Fsp3) is 0.600. The first-order chi connectivity index (χ1) is 3.85. The fourth-order valence-electron chi connectivity index (χ4n) is 0.157. The van der Waals surface area contributed by atoms with Crippen LogP contribution in [0.25, 0.3) is 0 Å². The van der Waals surface area contributed by atoms with Crippen LogP contribution in [-0.4, -0.2) is 24.5 Å². The first kappa shape index (κ1) is 7.70. The average molecular weight is 134 g/mol. The zero-order chi connectivity index (χ0) is 6.41. The van der Waals surface area contributed by atoms with Gasteiger partial charge >= 0.3 is 0 Å². The molecule has 1 fully saturated rings. The van der Waals surface area contributed by atoms with E-state index in [1.54, 1.807) is 5.87 Å². The van der Waals surface area contributed by atoms with Crippen molar-refractivity contribution in [3.63, 3.8) is 0 Å². The molecule has 0 spiro atoms. The second kappa shape index (κ2) is 4.85. The molecule has 2 nitrogen and oxygen atoms in total. The second-order valence-electron chi connectivity index (χ2n) is 1.29. The molecular formula is C5H8ClNO. The van der Waals surface area contributed by atoms with Crippen molar-refractivity contribution in [2.24, 2.45) is 0 Å². The van der Waals surface area contributed by atoms with E-state index in [1.807, 2.05) is 0 Å². The minimum Gasteiger partial charge on any atom is -0.372 e. The van der Waals surface area contributed by atoms with Gasteiger partial charge in [-0.3, -0.25) is 5.41 Å². The summed E-state index contributed by atoms with van der Waals surface area (Å²) >= 11 is 5.27. The van der Waals surface area contributed by atoms with Gasteiger partial charge in [0, 0.05) is 0 Å². The second-order valence-corrected chi connectivity index (χ2v) is 1.60. The Bertz CT molecular complexity index is 84.4. The fourth-order valence-corrected chi connectivity index (χ4v) is 0.335. The van der Waals surface area contributed by atoms with Crippen LogP contribution in [0.15, 0.2) is 6.58 Å². The van der Waals surface area contributed by atoms with Crippen molar-refractivity contribution in [1.82, 2.24) is 0 Å². The number of ether oxygens (including phenoxy) is 1. The molecule has 1 aliphatic heterocycles. The Hall–Kier alpha value is -0.300. The molecule has 0 bridgehead atoms. The van der Waals surface area contributed by atoms with Gasteiger partial charge in [0.2, 0.25) is 0 Å². The maximum atomic E-state index is 5.85. The lowest BCUT2D eigenvalue weighted by atomic mass is 10.6. The highest BCUT2D eigenvalue weighted by Crippen LogP contribution is 2.08. The molecule has 1 rings (SSSR count). The molecule has 1 atom stereocenters. The van der Waals surface area contributed by atoms with Crippen LogP contribution in [-0.2, 0) is 4.74 Å². The summed E-state index contributed by atoms with van der Waals surface area (Å²) in [6, 6.07) is 0. The van der Waals surface area contributed by atoms with Crippen LogP contribution in [0.1, 0.15) is 0 Å². The minimum atomic E-state index is 0.400. The Morgan fingerprint density at radius 2 is 2.38 bits per heavy atom. The van der Waals surface area contributed by atoms with Gasteiger partial charge in [0.1, 0.15) is 0 Å². The van der Waals surface area contributed by atoms with Gasteiger partial charge in [-0.15, -0.1) is 11.6 Å². The molecule has 0 aromatic carbocycles. The molecule has 1 saturated heterocycles. The summed E-state index contributed by atoms with van der Waals surface area (Å²) in [5.41, 5.74) is 0. The third kappa shape index (κ3) is 5.70. The first-order valence-corrected chi connectivity index (χ1v) is 2.75. The monoisotopic (exact) mass is 133 g/mol. The Morgan fingerprint density at radius 1 is 2.00 bits per heavy atom. The van der Waals surface area contributed by atoms with Gasteiger partial charge in [-0.1, -0.05) is 0 Å². The standard InChI is InChI=1S/C3H5ClO.C2H3N/c4-1-3-2-5-3;1-2-3/h3H,1-2H2;3H,1H2. The van der Waals surface area contributed by atoms with Gasteiger partial charge in [0.25, 0.3) is 0 Å². The van der Waals surface area contributed by atoms with E-state index in [2.05, 4.69) is 6.58 Å². The molecule has 1 unspecified atom stereocenters. The SMILES string of the molecule is C=C=N.ClCC1CO1. The molecule has 1 N–H and O–H groups in total. The first-order valence-electron chi connectivity index (χ1n) is 2.21. The number of rotatable bonds is 1. The summed E-state index contributed by atoms with van der Waals surface area (Å²) in [5, 5.41) is 5.85. The number of epoxide rings is 1. The maximum absolute atomic E-state index is 5.85. The molecule has 0 aromatic heterocycles. The van der Waals surface area contributed by atoms with Crippen molar-refractivity contribution >= 4 is 17.5 Å². The Balaban J connectivity index is 0.000000145. The highest BCUT2D eigenvalue weighted by molar-refractivity contribution is 6.18. The summed E-state index contributed by atoms with van der Waals surface area (Å²) in [7, 11) is 0. The number of hydrogen-bond donors (Lipinski definition) is 1. The molecule has 0 saturated carbocycles. The molecule has 8 heavy (non-hydrogen) atoms. The van der Waals surface area contributed by atoms with Gasteiger partial charge in [0.05, 0.1) is 18.6 Å². The predicted octanol–water partition coefficient (Wildman–Crippen LogP) is 1.04. The topological polar surface area (TPSA) is 36.4 Å². The van der Waals surface area contributed by atoms with Gasteiger partial charge in [-0.25, -0.2) is 0 Å². The van der Waals surface area contributed by atoms with Gasteiger partial charge in [-0.05, 0) is 12.4 Å². The highest BCUT2D eigenvalue weighted by Gasteiger charge is 2.19. The van der Waals surface area contributed by atoms with E-state index < -0.39 is 0 Å². The molecular weight excluding hydrogens is 126 g/mol. The lowest BCUT2D eigenvalue weighted by Crippen LogP contribution is -1.80. The van der Waals surface area contributed by atoms with Crippen molar-refractivity contribution in [2.75, 3.05) is 12.5 Å². The van der Waals surface area contributed by atoms with Crippen LogP contribution in [0.3, 0.4) is 0 Å². The van der Waals surface area contributed by atoms with Crippen molar-refractivity contribution < 1.29 is 4.74 Å². The smallest absolute Gasteiger partial charge is 0.0944 e. The van der Waals surface area contributed by atoms with Crippen LogP contribution in [0.2, 0.25) is 0 Å². The normalized spacial score (nSPS) is 22.4. The largest absolute Gasteiger partial charge is 0.372 e. The van der Waals surface area contributed by atoms with Crippen molar-refractivity contribution in [3.8, 4) is 0 Å². The lowest BCUT2D eigenvalue weighted by Gasteiger charge is -1.67. The molecule has 0 aliphatic carbocycles. The van der Waals surface area contributed by atoms with Crippen molar-refractivity contribution in [2.45, 2.75) is 6.10 Å².